The van der Waals surface area contributed by atoms with Crippen molar-refractivity contribution in [3.05, 3.63) is 30.1 Å². The van der Waals surface area contributed by atoms with Crippen LogP contribution in [-0.2, 0) is 9.59 Å². The van der Waals surface area contributed by atoms with E-state index in [-0.39, 0.29) is 18.0 Å². The fourth-order valence-electron chi connectivity index (χ4n) is 1.81. The highest BCUT2D eigenvalue weighted by Crippen LogP contribution is 2.23. The maximum absolute atomic E-state index is 13.5. The van der Waals surface area contributed by atoms with Gasteiger partial charge >= 0.3 is 0 Å². The predicted molar refractivity (Wildman–Crippen MR) is 86.3 cm³/mol. The second kappa shape index (κ2) is 7.40. The molecule has 0 bridgehead atoms. The van der Waals surface area contributed by atoms with Crippen LogP contribution in [0.15, 0.2) is 29.3 Å². The SMILES string of the molecule is CC(C)CN=C1NC(=O)C(CC(=O)Nc2ccccc2F)S1. The minimum Gasteiger partial charge on any atom is -0.324 e. The number of nitrogens with zero attached hydrogens (tertiary/aromatic N) is 1. The van der Waals surface area contributed by atoms with Gasteiger partial charge in [-0.3, -0.25) is 14.6 Å². The Morgan fingerprint density at radius 3 is 2.86 bits per heavy atom. The number of hydrogen-bond acceptors (Lipinski definition) is 4. The van der Waals surface area contributed by atoms with Crippen LogP contribution in [0.2, 0.25) is 0 Å². The normalized spacial score (nSPS) is 19.5. The maximum atomic E-state index is 13.5. The van der Waals surface area contributed by atoms with Gasteiger partial charge in [0, 0.05) is 13.0 Å². The number of nitrogens with one attached hydrogen (secondary N) is 2. The van der Waals surface area contributed by atoms with Gasteiger partial charge in [0.25, 0.3) is 0 Å². The molecule has 1 heterocycles. The highest BCUT2D eigenvalue weighted by Gasteiger charge is 2.32. The molecule has 2 amide bonds. The summed E-state index contributed by atoms with van der Waals surface area (Å²) in [5.41, 5.74) is 0.115. The predicted octanol–water partition coefficient (Wildman–Crippen LogP) is 2.40. The van der Waals surface area contributed by atoms with Crippen LogP contribution in [0.4, 0.5) is 10.1 Å². The summed E-state index contributed by atoms with van der Waals surface area (Å²) in [6.45, 7) is 4.69. The molecular formula is C15H18FN3O2S. The molecule has 5 nitrogen and oxygen atoms in total. The lowest BCUT2D eigenvalue weighted by Crippen LogP contribution is -2.28. The number of amides is 2. The molecule has 7 heteroatoms. The van der Waals surface area contributed by atoms with Crippen LogP contribution in [0.5, 0.6) is 0 Å². The average molecular weight is 323 g/mol. The Kier molecular flexibility index (Phi) is 5.54. The van der Waals surface area contributed by atoms with Crippen molar-refractivity contribution in [3.8, 4) is 0 Å². The molecule has 2 rings (SSSR count). The van der Waals surface area contributed by atoms with Gasteiger partial charge < -0.3 is 10.6 Å². The molecule has 0 aromatic heterocycles. The summed E-state index contributed by atoms with van der Waals surface area (Å²) in [6, 6.07) is 5.92. The van der Waals surface area contributed by atoms with Gasteiger partial charge in [-0.25, -0.2) is 4.39 Å². The van der Waals surface area contributed by atoms with Gasteiger partial charge in [0.15, 0.2) is 5.17 Å². The number of halogens is 1. The Labute approximate surface area is 132 Å². The Hall–Kier alpha value is -1.89. The first-order chi connectivity index (χ1) is 10.5. The van der Waals surface area contributed by atoms with Crippen molar-refractivity contribution in [2.75, 3.05) is 11.9 Å². The molecule has 1 aliphatic heterocycles. The standard InChI is InChI=1S/C15H18FN3O2S/c1-9(2)8-17-15-19-14(21)12(22-15)7-13(20)18-11-6-4-3-5-10(11)16/h3-6,9,12H,7-8H2,1-2H3,(H,18,20)(H,17,19,21). The van der Waals surface area contributed by atoms with Crippen molar-refractivity contribution in [2.24, 2.45) is 10.9 Å². The fraction of sp³-hybridized carbons (Fsp3) is 0.400. The van der Waals surface area contributed by atoms with Crippen molar-refractivity contribution in [2.45, 2.75) is 25.5 Å². The number of amidine groups is 1. The number of carbonyl (C=O) groups excluding carboxylic acids is 2. The molecule has 22 heavy (non-hydrogen) atoms. The largest absolute Gasteiger partial charge is 0.324 e. The summed E-state index contributed by atoms with van der Waals surface area (Å²) >= 11 is 1.24. The number of rotatable bonds is 5. The van der Waals surface area contributed by atoms with E-state index in [2.05, 4.69) is 15.6 Å². The van der Waals surface area contributed by atoms with Crippen LogP contribution in [-0.4, -0.2) is 28.8 Å². The molecule has 0 saturated carbocycles. The molecular weight excluding hydrogens is 305 g/mol. The van der Waals surface area contributed by atoms with Gasteiger partial charge in [-0.05, 0) is 18.1 Å². The third kappa shape index (κ3) is 4.56. The molecule has 1 fully saturated rings. The minimum atomic E-state index is -0.530. The lowest BCUT2D eigenvalue weighted by Gasteiger charge is -2.08. The molecule has 1 saturated heterocycles. The van der Waals surface area contributed by atoms with E-state index in [1.165, 1.54) is 23.9 Å². The second-order valence-electron chi connectivity index (χ2n) is 5.37. The Morgan fingerprint density at radius 1 is 1.45 bits per heavy atom. The monoisotopic (exact) mass is 323 g/mol. The van der Waals surface area contributed by atoms with E-state index in [9.17, 15) is 14.0 Å². The minimum absolute atomic E-state index is 0.0223. The number of para-hydroxylation sites is 1. The second-order valence-corrected chi connectivity index (χ2v) is 6.56. The number of benzene rings is 1. The topological polar surface area (TPSA) is 70.6 Å². The summed E-state index contributed by atoms with van der Waals surface area (Å²) in [4.78, 5) is 28.0. The Balaban J connectivity index is 1.91. The zero-order chi connectivity index (χ0) is 16.1. The zero-order valence-corrected chi connectivity index (χ0v) is 13.2. The van der Waals surface area contributed by atoms with Crippen molar-refractivity contribution in [1.82, 2.24) is 5.32 Å². The first-order valence-corrected chi connectivity index (χ1v) is 7.90. The van der Waals surface area contributed by atoms with Crippen LogP contribution < -0.4 is 10.6 Å². The lowest BCUT2D eigenvalue weighted by atomic mass is 10.2. The van der Waals surface area contributed by atoms with E-state index >= 15 is 0 Å². The highest BCUT2D eigenvalue weighted by molar-refractivity contribution is 8.15. The number of aliphatic imine (C=N–C) groups is 1. The maximum Gasteiger partial charge on any atom is 0.240 e. The first-order valence-electron chi connectivity index (χ1n) is 7.02. The smallest absolute Gasteiger partial charge is 0.240 e. The summed E-state index contributed by atoms with van der Waals surface area (Å²) in [5.74, 6) is -0.744. The summed E-state index contributed by atoms with van der Waals surface area (Å²) in [7, 11) is 0. The molecule has 118 valence electrons. The van der Waals surface area contributed by atoms with Crippen LogP contribution in [0, 0.1) is 11.7 Å². The quantitative estimate of drug-likeness (QED) is 0.874. The third-order valence-electron chi connectivity index (χ3n) is 2.90. The zero-order valence-electron chi connectivity index (χ0n) is 12.4. The van der Waals surface area contributed by atoms with Crippen molar-refractivity contribution < 1.29 is 14.0 Å². The number of carbonyl (C=O) groups is 2. The van der Waals surface area contributed by atoms with Gasteiger partial charge in [-0.1, -0.05) is 37.7 Å². The van der Waals surface area contributed by atoms with Gasteiger partial charge in [-0.2, -0.15) is 0 Å². The number of thioether (sulfide) groups is 1. The van der Waals surface area contributed by atoms with Gasteiger partial charge in [0.1, 0.15) is 11.1 Å². The summed E-state index contributed by atoms with van der Waals surface area (Å²) in [6.07, 6.45) is -0.0223. The van der Waals surface area contributed by atoms with Gasteiger partial charge in [0.2, 0.25) is 11.8 Å². The van der Waals surface area contributed by atoms with E-state index in [1.807, 2.05) is 13.8 Å². The van der Waals surface area contributed by atoms with Crippen LogP contribution >= 0.6 is 11.8 Å². The molecule has 1 aromatic carbocycles. The Morgan fingerprint density at radius 2 is 2.18 bits per heavy atom. The number of hydrogen-bond donors (Lipinski definition) is 2. The molecule has 1 aromatic rings. The molecule has 0 spiro atoms. The van der Waals surface area contributed by atoms with Crippen molar-refractivity contribution in [1.29, 1.82) is 0 Å². The summed E-state index contributed by atoms with van der Waals surface area (Å²) in [5, 5.41) is 5.15. The summed E-state index contributed by atoms with van der Waals surface area (Å²) < 4.78 is 13.5. The van der Waals surface area contributed by atoms with Crippen molar-refractivity contribution >= 4 is 34.4 Å². The van der Waals surface area contributed by atoms with E-state index in [0.29, 0.717) is 17.6 Å². The first kappa shape index (κ1) is 16.5. The molecule has 1 atom stereocenters. The molecule has 1 unspecified atom stereocenters. The van der Waals surface area contributed by atoms with E-state index in [0.717, 1.165) is 0 Å². The van der Waals surface area contributed by atoms with Crippen LogP contribution in [0.1, 0.15) is 20.3 Å². The average Bonchev–Trinajstić information content (AvgIpc) is 2.79. The number of anilines is 1. The molecule has 0 aliphatic carbocycles. The molecule has 1 aliphatic rings. The van der Waals surface area contributed by atoms with Crippen LogP contribution in [0.25, 0.3) is 0 Å². The highest BCUT2D eigenvalue weighted by atomic mass is 32.2. The molecule has 2 N–H and O–H groups in total. The third-order valence-corrected chi connectivity index (χ3v) is 4.01. The lowest BCUT2D eigenvalue weighted by molar-refractivity contribution is -0.122. The van der Waals surface area contributed by atoms with Crippen LogP contribution in [0.3, 0.4) is 0 Å². The van der Waals surface area contributed by atoms with Gasteiger partial charge in [0.05, 0.1) is 5.69 Å². The molecule has 0 radical (unpaired) electrons. The van der Waals surface area contributed by atoms with Gasteiger partial charge in [-0.15, -0.1) is 0 Å². The van der Waals surface area contributed by atoms with E-state index in [4.69, 9.17) is 0 Å². The van der Waals surface area contributed by atoms with E-state index < -0.39 is 17.0 Å². The fourth-order valence-corrected chi connectivity index (χ4v) is 2.79. The van der Waals surface area contributed by atoms with E-state index in [1.54, 1.807) is 12.1 Å². The van der Waals surface area contributed by atoms with Crippen molar-refractivity contribution in [3.63, 3.8) is 0 Å². The Bertz CT molecular complexity index is 604.